The summed E-state index contributed by atoms with van der Waals surface area (Å²) >= 11 is 0. The number of aromatic nitrogens is 1. The molecule has 2 aromatic carbocycles. The second kappa shape index (κ2) is 8.78. The summed E-state index contributed by atoms with van der Waals surface area (Å²) in [6, 6.07) is 17.5. The van der Waals surface area contributed by atoms with Crippen LogP contribution in [0.1, 0.15) is 54.6 Å². The number of anilines is 1. The number of carbonyl (C=O) groups excluding carboxylic acids is 2. The summed E-state index contributed by atoms with van der Waals surface area (Å²) < 4.78 is 5.68. The number of aliphatic hydroxyl groups excluding tert-OH is 1. The molecule has 172 valence electrons. The molecular weight excluding hydrogens is 428 g/mol. The monoisotopic (exact) mass is 454 g/mol. The number of aliphatic hydroxyl groups is 1. The van der Waals surface area contributed by atoms with Gasteiger partial charge < -0.3 is 9.84 Å². The van der Waals surface area contributed by atoms with Crippen molar-refractivity contribution in [3.63, 3.8) is 0 Å². The minimum atomic E-state index is -0.835. The number of rotatable bonds is 4. The van der Waals surface area contributed by atoms with Crippen LogP contribution in [0.25, 0.3) is 5.76 Å². The quantitative estimate of drug-likeness (QED) is 0.335. The lowest BCUT2D eigenvalue weighted by Crippen LogP contribution is -2.29. The minimum Gasteiger partial charge on any atom is -0.507 e. The molecule has 6 nitrogen and oxygen atoms in total. The number of benzene rings is 2. The van der Waals surface area contributed by atoms with E-state index in [2.05, 4.69) is 18.8 Å². The van der Waals surface area contributed by atoms with Crippen LogP contribution in [0.15, 0.2) is 72.4 Å². The molecule has 0 bridgehead atoms. The van der Waals surface area contributed by atoms with E-state index in [1.165, 1.54) is 4.90 Å². The molecule has 1 N–H and O–H groups in total. The molecule has 0 saturated carbocycles. The molecule has 0 radical (unpaired) electrons. The first-order chi connectivity index (χ1) is 16.5. The van der Waals surface area contributed by atoms with E-state index < -0.39 is 17.7 Å². The Bertz CT molecular complexity index is 1280. The van der Waals surface area contributed by atoms with E-state index in [0.29, 0.717) is 29.5 Å². The van der Waals surface area contributed by atoms with Gasteiger partial charge in [0.1, 0.15) is 17.6 Å². The van der Waals surface area contributed by atoms with Gasteiger partial charge in [0.25, 0.3) is 11.7 Å². The summed E-state index contributed by atoms with van der Waals surface area (Å²) in [5.41, 5.74) is 3.72. The Balaban J connectivity index is 1.65. The average molecular weight is 455 g/mol. The molecule has 1 aromatic heterocycles. The average Bonchev–Trinajstić information content (AvgIpc) is 3.14. The number of ether oxygens (including phenoxy) is 1. The summed E-state index contributed by atoms with van der Waals surface area (Å²) in [7, 11) is 0. The number of nitrogens with zero attached hydrogens (tertiary/aromatic N) is 2. The van der Waals surface area contributed by atoms with Crippen LogP contribution < -0.4 is 9.64 Å². The number of amides is 1. The normalized spacial score (nSPS) is 19.3. The van der Waals surface area contributed by atoms with Gasteiger partial charge in [0, 0.05) is 17.4 Å². The van der Waals surface area contributed by atoms with Gasteiger partial charge in [0.2, 0.25) is 0 Å². The van der Waals surface area contributed by atoms with Crippen LogP contribution >= 0.6 is 0 Å². The van der Waals surface area contributed by atoms with Crippen LogP contribution in [0.2, 0.25) is 0 Å². The molecule has 0 aliphatic carbocycles. The highest BCUT2D eigenvalue weighted by Gasteiger charge is 2.47. The van der Waals surface area contributed by atoms with Gasteiger partial charge in [-0.05, 0) is 72.4 Å². The number of fused-ring (bicyclic) bond motifs is 1. The number of pyridine rings is 1. The van der Waals surface area contributed by atoms with E-state index in [1.54, 1.807) is 36.5 Å². The highest BCUT2D eigenvalue weighted by atomic mass is 16.5. The number of hydrogen-bond acceptors (Lipinski definition) is 5. The second-order valence-electron chi connectivity index (χ2n) is 8.94. The molecule has 3 aromatic rings. The number of hydrogen-bond donors (Lipinski definition) is 1. The van der Waals surface area contributed by atoms with Crippen molar-refractivity contribution in [3.05, 3.63) is 94.8 Å². The first-order valence-electron chi connectivity index (χ1n) is 11.5. The predicted molar refractivity (Wildman–Crippen MR) is 130 cm³/mol. The fourth-order valence-corrected chi connectivity index (χ4v) is 4.60. The summed E-state index contributed by atoms with van der Waals surface area (Å²) in [5.74, 6) is -0.492. The lowest BCUT2D eigenvalue weighted by molar-refractivity contribution is -0.132. The molecule has 1 unspecified atom stereocenters. The maximum absolute atomic E-state index is 13.3. The summed E-state index contributed by atoms with van der Waals surface area (Å²) in [6.07, 6.45) is 3.34. The van der Waals surface area contributed by atoms with Crippen LogP contribution in [0, 0.1) is 0 Å². The maximum atomic E-state index is 13.3. The van der Waals surface area contributed by atoms with Gasteiger partial charge in [-0.3, -0.25) is 19.5 Å². The number of ketones is 1. The minimum absolute atomic E-state index is 0.0355. The molecule has 3 heterocycles. The zero-order valence-electron chi connectivity index (χ0n) is 19.2. The fraction of sp³-hybridized carbons (Fsp3) is 0.250. The topological polar surface area (TPSA) is 79.7 Å². The van der Waals surface area contributed by atoms with Crippen molar-refractivity contribution in [2.45, 2.75) is 38.6 Å². The largest absolute Gasteiger partial charge is 0.507 e. The van der Waals surface area contributed by atoms with Crippen molar-refractivity contribution >= 4 is 23.1 Å². The predicted octanol–water partition coefficient (Wildman–Crippen LogP) is 5.16. The lowest BCUT2D eigenvalue weighted by atomic mass is 9.96. The molecule has 34 heavy (non-hydrogen) atoms. The van der Waals surface area contributed by atoms with E-state index in [9.17, 15) is 14.7 Å². The summed E-state index contributed by atoms with van der Waals surface area (Å²) in [6.45, 7) is 4.86. The molecule has 1 fully saturated rings. The van der Waals surface area contributed by atoms with E-state index in [1.807, 2.05) is 30.3 Å². The van der Waals surface area contributed by atoms with E-state index in [0.717, 1.165) is 29.7 Å². The van der Waals surface area contributed by atoms with Crippen molar-refractivity contribution in [1.29, 1.82) is 0 Å². The van der Waals surface area contributed by atoms with Crippen molar-refractivity contribution in [3.8, 4) is 5.75 Å². The Morgan fingerprint density at radius 3 is 2.59 bits per heavy atom. The van der Waals surface area contributed by atoms with Crippen molar-refractivity contribution in [2.75, 3.05) is 11.5 Å². The zero-order valence-corrected chi connectivity index (χ0v) is 19.2. The van der Waals surface area contributed by atoms with E-state index in [-0.39, 0.29) is 11.3 Å². The molecule has 6 heteroatoms. The number of Topliss-reactive ketones (excluding diaryl/α,β-unsaturated/α-hetero) is 1. The SMILES string of the molecule is CC(C)c1ccc(N2C(=O)C(=O)/C(=C(\O)c3ccc4c(c3)CCCO4)C2c2ccccn2)cc1. The van der Waals surface area contributed by atoms with Gasteiger partial charge in [0.05, 0.1) is 17.9 Å². The number of carbonyl (C=O) groups is 2. The first kappa shape index (κ1) is 21.9. The molecule has 1 saturated heterocycles. The van der Waals surface area contributed by atoms with Gasteiger partial charge in [-0.15, -0.1) is 0 Å². The Morgan fingerprint density at radius 1 is 1.09 bits per heavy atom. The van der Waals surface area contributed by atoms with Crippen LogP contribution in [0.4, 0.5) is 5.69 Å². The Morgan fingerprint density at radius 2 is 1.88 bits per heavy atom. The third-order valence-corrected chi connectivity index (χ3v) is 6.43. The van der Waals surface area contributed by atoms with Crippen LogP contribution in [0.5, 0.6) is 5.75 Å². The van der Waals surface area contributed by atoms with Gasteiger partial charge >= 0.3 is 0 Å². The Kier molecular flexibility index (Phi) is 5.65. The highest BCUT2D eigenvalue weighted by Crippen LogP contribution is 2.42. The zero-order chi connectivity index (χ0) is 23.8. The first-order valence-corrected chi connectivity index (χ1v) is 11.5. The van der Waals surface area contributed by atoms with E-state index >= 15 is 0 Å². The summed E-state index contributed by atoms with van der Waals surface area (Å²) in [5, 5.41) is 11.3. The molecular formula is C28H26N2O4. The Labute approximate surface area is 198 Å². The molecule has 2 aliphatic heterocycles. The van der Waals surface area contributed by atoms with Gasteiger partial charge in [-0.1, -0.05) is 32.0 Å². The molecule has 1 amide bonds. The molecule has 5 rings (SSSR count). The molecule has 1 atom stereocenters. The standard InChI is InChI=1S/C28H26N2O4/c1-17(2)18-8-11-21(12-9-18)30-25(22-7-3-4-14-29-22)24(27(32)28(30)33)26(31)20-10-13-23-19(16-20)6-5-15-34-23/h3-4,7-14,16-17,25,31H,5-6,15H2,1-2H3/b26-24-. The van der Waals surface area contributed by atoms with Crippen molar-refractivity contribution < 1.29 is 19.4 Å². The number of aryl methyl sites for hydroxylation is 1. The van der Waals surface area contributed by atoms with Crippen molar-refractivity contribution in [1.82, 2.24) is 4.98 Å². The molecule has 2 aliphatic rings. The van der Waals surface area contributed by atoms with Crippen LogP contribution in [-0.2, 0) is 16.0 Å². The second-order valence-corrected chi connectivity index (χ2v) is 8.94. The van der Waals surface area contributed by atoms with Crippen molar-refractivity contribution in [2.24, 2.45) is 0 Å². The third-order valence-electron chi connectivity index (χ3n) is 6.43. The van der Waals surface area contributed by atoms with Crippen LogP contribution in [-0.4, -0.2) is 28.4 Å². The fourth-order valence-electron chi connectivity index (χ4n) is 4.60. The Hall–Kier alpha value is -3.93. The van der Waals surface area contributed by atoms with Gasteiger partial charge in [0.15, 0.2) is 0 Å². The smallest absolute Gasteiger partial charge is 0.300 e. The van der Waals surface area contributed by atoms with Gasteiger partial charge in [-0.2, -0.15) is 0 Å². The van der Waals surface area contributed by atoms with Gasteiger partial charge in [-0.25, -0.2) is 0 Å². The lowest BCUT2D eigenvalue weighted by Gasteiger charge is -2.25. The summed E-state index contributed by atoms with van der Waals surface area (Å²) in [4.78, 5) is 32.4. The third kappa shape index (κ3) is 3.75. The maximum Gasteiger partial charge on any atom is 0.300 e. The van der Waals surface area contributed by atoms with E-state index in [4.69, 9.17) is 4.74 Å². The molecule has 0 spiro atoms. The van der Waals surface area contributed by atoms with Crippen LogP contribution in [0.3, 0.4) is 0 Å². The highest BCUT2D eigenvalue weighted by molar-refractivity contribution is 6.51.